The molecule has 0 radical (unpaired) electrons. The summed E-state index contributed by atoms with van der Waals surface area (Å²) in [5, 5.41) is 0. The third-order valence-electron chi connectivity index (χ3n) is 1.00. The van der Waals surface area contributed by atoms with Crippen LogP contribution >= 0.6 is 25.6 Å². The third kappa shape index (κ3) is 2.51. The molecule has 0 atom stereocenters. The Morgan fingerprint density at radius 1 is 1.10 bits per heavy atom. The highest BCUT2D eigenvalue weighted by molar-refractivity contribution is 7.93. The van der Waals surface area contributed by atoms with Crippen molar-refractivity contribution in [2.24, 2.45) is 0 Å². The van der Waals surface area contributed by atoms with E-state index in [1.54, 1.807) is 0 Å². The molecule has 2 nitrogen and oxygen atoms in total. The van der Waals surface area contributed by atoms with Gasteiger partial charge < -0.3 is 5.43 Å². The lowest BCUT2D eigenvalue weighted by Gasteiger charge is -2.09. The summed E-state index contributed by atoms with van der Waals surface area (Å²) in [5.74, 6) is 0. The maximum Gasteiger partial charge on any atom is 0.0508 e. The summed E-state index contributed by atoms with van der Waals surface area (Å²) in [6.45, 7) is 0. The maximum atomic E-state index is 3.90. The molecule has 0 aliphatic rings. The molecule has 0 heterocycles. The molecule has 0 unspecified atom stereocenters. The van der Waals surface area contributed by atoms with Crippen molar-refractivity contribution in [3.8, 4) is 0 Å². The SMILES string of the molecule is SN(S)Nc1ccccc1. The Balaban J connectivity index is 2.59. The van der Waals surface area contributed by atoms with Crippen LogP contribution in [0.2, 0.25) is 0 Å². The quantitative estimate of drug-likeness (QED) is 0.467. The molecule has 0 fully saturated rings. The van der Waals surface area contributed by atoms with Gasteiger partial charge in [-0.3, -0.25) is 0 Å². The second kappa shape index (κ2) is 3.75. The van der Waals surface area contributed by atoms with Crippen molar-refractivity contribution in [3.63, 3.8) is 0 Å². The van der Waals surface area contributed by atoms with Crippen molar-refractivity contribution in [1.82, 2.24) is 3.82 Å². The van der Waals surface area contributed by atoms with E-state index < -0.39 is 0 Å². The molecule has 1 aromatic carbocycles. The number of hydrogen-bond donors (Lipinski definition) is 3. The molecule has 10 heavy (non-hydrogen) atoms. The molecule has 0 aliphatic carbocycles. The molecule has 0 aromatic heterocycles. The first-order chi connectivity index (χ1) is 4.79. The second-order valence-electron chi connectivity index (χ2n) is 1.77. The molecule has 0 bridgehead atoms. The van der Waals surface area contributed by atoms with Crippen LogP contribution in [0.15, 0.2) is 30.3 Å². The summed E-state index contributed by atoms with van der Waals surface area (Å²) >= 11 is 7.79. The Morgan fingerprint density at radius 3 is 2.20 bits per heavy atom. The lowest BCUT2D eigenvalue weighted by Crippen LogP contribution is -2.07. The van der Waals surface area contributed by atoms with Gasteiger partial charge in [0, 0.05) is 0 Å². The first kappa shape index (κ1) is 7.78. The fraction of sp³-hybridized carbons (Fsp3) is 0. The first-order valence-corrected chi connectivity index (χ1v) is 3.58. The number of hydrogen-bond acceptors (Lipinski definition) is 4. The Labute approximate surface area is 71.3 Å². The molecule has 0 aliphatic heterocycles. The number of hydrazine groups is 1. The summed E-state index contributed by atoms with van der Waals surface area (Å²) in [6.07, 6.45) is 0. The van der Waals surface area contributed by atoms with E-state index in [-0.39, 0.29) is 0 Å². The zero-order valence-corrected chi connectivity index (χ0v) is 7.02. The van der Waals surface area contributed by atoms with Crippen molar-refractivity contribution >= 4 is 31.3 Å². The minimum atomic E-state index is 0.965. The van der Waals surface area contributed by atoms with Gasteiger partial charge in [0.2, 0.25) is 0 Å². The normalized spacial score (nSPS) is 9.90. The molecule has 0 spiro atoms. The van der Waals surface area contributed by atoms with Gasteiger partial charge in [-0.1, -0.05) is 43.8 Å². The predicted octanol–water partition coefficient (Wildman–Crippen LogP) is 2.01. The predicted molar refractivity (Wildman–Crippen MR) is 49.9 cm³/mol. The largest absolute Gasteiger partial charge is 0.300 e. The molecule has 0 amide bonds. The average Bonchev–Trinajstić information content (AvgIpc) is 1.88. The summed E-state index contributed by atoms with van der Waals surface area (Å²) in [4.78, 5) is 0. The van der Waals surface area contributed by atoms with Gasteiger partial charge in [-0.15, -0.1) is 3.82 Å². The van der Waals surface area contributed by atoms with E-state index in [0.29, 0.717) is 0 Å². The van der Waals surface area contributed by atoms with Gasteiger partial charge in [-0.25, -0.2) is 0 Å². The van der Waals surface area contributed by atoms with E-state index in [0.717, 1.165) is 5.69 Å². The van der Waals surface area contributed by atoms with E-state index >= 15 is 0 Å². The third-order valence-corrected chi connectivity index (χ3v) is 1.20. The standard InChI is InChI=1S/C6H8N2S2/c9-8(10)7-6-4-2-1-3-5-6/h1-5,7,9-10H. The number of rotatable bonds is 2. The van der Waals surface area contributed by atoms with E-state index in [9.17, 15) is 0 Å². The lowest BCUT2D eigenvalue weighted by molar-refractivity contribution is 0.937. The van der Waals surface area contributed by atoms with Crippen LogP contribution in [-0.2, 0) is 0 Å². The smallest absolute Gasteiger partial charge is 0.0508 e. The summed E-state index contributed by atoms with van der Waals surface area (Å²) in [5.41, 5.74) is 3.83. The summed E-state index contributed by atoms with van der Waals surface area (Å²) in [7, 11) is 0. The number of nitrogens with zero attached hydrogens (tertiary/aromatic N) is 1. The van der Waals surface area contributed by atoms with Gasteiger partial charge in [0.05, 0.1) is 5.69 Å². The summed E-state index contributed by atoms with van der Waals surface area (Å²) < 4.78 is 1.30. The van der Waals surface area contributed by atoms with Crippen molar-refractivity contribution in [3.05, 3.63) is 30.3 Å². The topological polar surface area (TPSA) is 15.3 Å². The van der Waals surface area contributed by atoms with Crippen molar-refractivity contribution < 1.29 is 0 Å². The molecule has 54 valence electrons. The Hall–Kier alpha value is -0.320. The number of para-hydroxylation sites is 1. The van der Waals surface area contributed by atoms with Crippen LogP contribution in [0.1, 0.15) is 0 Å². The Kier molecular flexibility index (Phi) is 2.92. The minimum Gasteiger partial charge on any atom is -0.300 e. The van der Waals surface area contributed by atoms with Crippen LogP contribution in [0.5, 0.6) is 0 Å². The number of benzene rings is 1. The van der Waals surface area contributed by atoms with Crippen molar-refractivity contribution in [2.45, 2.75) is 0 Å². The van der Waals surface area contributed by atoms with Gasteiger partial charge in [-0.2, -0.15) is 0 Å². The average molecular weight is 172 g/mol. The van der Waals surface area contributed by atoms with Crippen LogP contribution < -0.4 is 5.43 Å². The van der Waals surface area contributed by atoms with Gasteiger partial charge in [0.15, 0.2) is 0 Å². The van der Waals surface area contributed by atoms with Crippen LogP contribution in [0.4, 0.5) is 5.69 Å². The highest BCUT2D eigenvalue weighted by Gasteiger charge is 1.89. The van der Waals surface area contributed by atoms with Gasteiger partial charge in [-0.05, 0) is 12.1 Å². The highest BCUT2D eigenvalue weighted by Crippen LogP contribution is 2.08. The van der Waals surface area contributed by atoms with Gasteiger partial charge >= 0.3 is 0 Å². The monoisotopic (exact) mass is 172 g/mol. The molecule has 1 N–H and O–H groups in total. The second-order valence-corrected chi connectivity index (χ2v) is 2.88. The first-order valence-electron chi connectivity index (χ1n) is 2.78. The highest BCUT2D eigenvalue weighted by atomic mass is 32.2. The molecule has 0 saturated carbocycles. The van der Waals surface area contributed by atoms with E-state index in [2.05, 4.69) is 31.1 Å². The van der Waals surface area contributed by atoms with Gasteiger partial charge in [0.1, 0.15) is 0 Å². The Morgan fingerprint density at radius 2 is 1.70 bits per heavy atom. The van der Waals surface area contributed by atoms with E-state index in [1.807, 2.05) is 30.3 Å². The van der Waals surface area contributed by atoms with Crippen LogP contribution in [-0.4, -0.2) is 3.82 Å². The molecule has 0 saturated heterocycles. The van der Waals surface area contributed by atoms with Crippen LogP contribution in [0.3, 0.4) is 0 Å². The fourth-order valence-electron chi connectivity index (χ4n) is 0.628. The van der Waals surface area contributed by atoms with E-state index in [4.69, 9.17) is 0 Å². The van der Waals surface area contributed by atoms with Gasteiger partial charge in [0.25, 0.3) is 0 Å². The molecule has 1 rings (SSSR count). The molecular weight excluding hydrogens is 164 g/mol. The van der Waals surface area contributed by atoms with Crippen LogP contribution in [0.25, 0.3) is 0 Å². The number of nitrogens with one attached hydrogen (secondary N) is 1. The minimum absolute atomic E-state index is 0.965. The van der Waals surface area contributed by atoms with Crippen molar-refractivity contribution in [2.75, 3.05) is 5.43 Å². The zero-order chi connectivity index (χ0) is 7.40. The van der Waals surface area contributed by atoms with E-state index in [1.165, 1.54) is 3.82 Å². The van der Waals surface area contributed by atoms with Crippen LogP contribution in [0, 0.1) is 0 Å². The fourth-order valence-corrected chi connectivity index (χ4v) is 0.859. The Bertz CT molecular complexity index is 188. The molecule has 1 aromatic rings. The number of anilines is 1. The summed E-state index contributed by atoms with van der Waals surface area (Å²) in [6, 6.07) is 9.69. The van der Waals surface area contributed by atoms with Crippen molar-refractivity contribution in [1.29, 1.82) is 0 Å². The molecular formula is C6H8N2S2. The number of thiol groups is 2. The molecule has 4 heteroatoms. The zero-order valence-electron chi connectivity index (χ0n) is 5.23. The maximum absolute atomic E-state index is 3.90. The lowest BCUT2D eigenvalue weighted by atomic mass is 10.3.